The van der Waals surface area contributed by atoms with Gasteiger partial charge in [-0.15, -0.1) is 0 Å². The number of fused-ring (bicyclic) bond motifs is 2. The third-order valence-electron chi connectivity index (χ3n) is 16.9. The smallest absolute Gasteiger partial charge is 0.186 e. The fourth-order valence-electron chi connectivity index (χ4n) is 13.9. The highest BCUT2D eigenvalue weighted by Gasteiger charge is 2.84. The Morgan fingerprint density at radius 3 is 2.04 bits per heavy atom. The Kier molecular flexibility index (Phi) is 10.4. The fourth-order valence-corrected chi connectivity index (χ4v) is 13.9. The van der Waals surface area contributed by atoms with Crippen LogP contribution in [0.1, 0.15) is 106 Å². The second-order valence-corrected chi connectivity index (χ2v) is 20.3. The van der Waals surface area contributed by atoms with E-state index in [2.05, 4.69) is 34.6 Å². The van der Waals surface area contributed by atoms with Crippen LogP contribution in [0, 0.1) is 50.7 Å². The summed E-state index contributed by atoms with van der Waals surface area (Å²) < 4.78 is 24.0. The summed E-state index contributed by atoms with van der Waals surface area (Å²) in [5.41, 5.74) is -2.05. The van der Waals surface area contributed by atoms with E-state index >= 15 is 0 Å². The Morgan fingerprint density at radius 1 is 0.736 bits per heavy atom. The van der Waals surface area contributed by atoms with Gasteiger partial charge in [-0.05, 0) is 122 Å². The maximum Gasteiger partial charge on any atom is 0.186 e. The third kappa shape index (κ3) is 6.04. The van der Waals surface area contributed by atoms with Crippen molar-refractivity contribution in [2.75, 3.05) is 13.2 Å². The summed E-state index contributed by atoms with van der Waals surface area (Å²) in [6.45, 7) is 14.0. The summed E-state index contributed by atoms with van der Waals surface area (Å²) in [7, 11) is 0. The zero-order valence-electron chi connectivity index (χ0n) is 32.7. The van der Waals surface area contributed by atoms with E-state index in [-0.39, 0.29) is 58.5 Å². The summed E-state index contributed by atoms with van der Waals surface area (Å²) in [6.07, 6.45) is -6.14. The minimum atomic E-state index is -1.60. The number of aliphatic hydroxyl groups excluding tert-OH is 8. The van der Waals surface area contributed by atoms with Gasteiger partial charge in [-0.2, -0.15) is 0 Å². The van der Waals surface area contributed by atoms with E-state index in [4.69, 9.17) is 18.9 Å². The van der Waals surface area contributed by atoms with Gasteiger partial charge in [-0.25, -0.2) is 0 Å². The molecule has 0 aromatic heterocycles. The predicted octanol–water partition coefficient (Wildman–Crippen LogP) is 1.20. The van der Waals surface area contributed by atoms with Crippen molar-refractivity contribution in [3.8, 4) is 0 Å². The standard InChI is InChI=1S/C40H68O13/c1-19(8-9-25(45)36(4,5)49)27-21(42)15-38(7)24-14-20(41)32-35(2,3)26(10-11-40(32)18-39(24,40)13-12-37(27,38)6)52-34-31(29(47)23(44)17-51-34)53-33-30(48)28(46)22(43)16-50-33/h19-34,41-49H,8-18H2,1-7H3/t19-,20+,21-,22+,23-,24-,25-,26+,27+,28+,29-,30-,31+,32+,33-,34+,37-,38-,39-,40+/m0/s1. The van der Waals surface area contributed by atoms with Crippen LogP contribution in [0.25, 0.3) is 0 Å². The molecule has 9 N–H and O–H groups in total. The van der Waals surface area contributed by atoms with E-state index in [0.717, 1.165) is 25.7 Å². The lowest BCUT2D eigenvalue weighted by Crippen LogP contribution is -2.63. The SMILES string of the molecule is C[C@@H](CC[C@H](O)C(C)(C)O)[C@@H]1[C@@H](O)C[C@@]2(C)[C@@H]3C[C@@H](O)[C@@H]4C(C)(C)[C@H](O[C@H]5OC[C@H](O)[C@H](O)[C@H]5O[C@@H]5OC[C@@H](O)[C@@H](O)[C@@H]5O)CC[C@@]45C[C@@]35CC[C@@]12C. The molecule has 0 bridgehead atoms. The quantitative estimate of drug-likeness (QED) is 0.151. The summed E-state index contributed by atoms with van der Waals surface area (Å²) >= 11 is 0. The van der Waals surface area contributed by atoms with Gasteiger partial charge in [0, 0.05) is 0 Å². The molecule has 7 aliphatic rings. The normalized spacial score (nSPS) is 54.6. The topological polar surface area (TPSA) is 219 Å². The first-order valence-corrected chi connectivity index (χ1v) is 20.3. The molecule has 20 atom stereocenters. The lowest BCUT2D eigenvalue weighted by molar-refractivity contribution is -0.356. The maximum atomic E-state index is 12.3. The van der Waals surface area contributed by atoms with Gasteiger partial charge in [0.05, 0.1) is 43.2 Å². The van der Waals surface area contributed by atoms with E-state index in [9.17, 15) is 46.0 Å². The van der Waals surface area contributed by atoms with Gasteiger partial charge in [0.15, 0.2) is 12.6 Å². The Labute approximate surface area is 314 Å². The number of rotatable bonds is 9. The Morgan fingerprint density at radius 2 is 1.38 bits per heavy atom. The molecule has 5 saturated carbocycles. The number of hydrogen-bond donors (Lipinski definition) is 9. The van der Waals surface area contributed by atoms with Gasteiger partial charge < -0.3 is 64.9 Å². The molecule has 5 aliphatic carbocycles. The van der Waals surface area contributed by atoms with Gasteiger partial charge in [0.25, 0.3) is 0 Å². The molecule has 0 aromatic rings. The van der Waals surface area contributed by atoms with Crippen molar-refractivity contribution in [1.82, 2.24) is 0 Å². The molecule has 2 spiro atoms. The lowest BCUT2D eigenvalue weighted by Gasteiger charge is -2.64. The van der Waals surface area contributed by atoms with Crippen LogP contribution in [0.5, 0.6) is 0 Å². The first kappa shape index (κ1) is 40.7. The molecule has 13 nitrogen and oxygen atoms in total. The highest BCUT2D eigenvalue weighted by Crippen LogP contribution is 2.89. The van der Waals surface area contributed by atoms with Crippen molar-refractivity contribution in [3.05, 3.63) is 0 Å². The molecule has 2 heterocycles. The molecule has 7 rings (SSSR count). The first-order valence-electron chi connectivity index (χ1n) is 20.3. The number of aliphatic hydroxyl groups is 9. The molecule has 2 saturated heterocycles. The molecular weight excluding hydrogens is 688 g/mol. The fraction of sp³-hybridized carbons (Fsp3) is 1.00. The van der Waals surface area contributed by atoms with Gasteiger partial charge in [0.1, 0.15) is 36.6 Å². The van der Waals surface area contributed by atoms with E-state index in [1.54, 1.807) is 13.8 Å². The predicted molar refractivity (Wildman–Crippen MR) is 190 cm³/mol. The second-order valence-electron chi connectivity index (χ2n) is 20.3. The molecule has 0 radical (unpaired) electrons. The lowest BCUT2D eigenvalue weighted by atomic mass is 9.41. The first-order chi connectivity index (χ1) is 24.6. The van der Waals surface area contributed by atoms with Crippen molar-refractivity contribution in [3.63, 3.8) is 0 Å². The maximum absolute atomic E-state index is 12.3. The summed E-state index contributed by atoms with van der Waals surface area (Å²) in [6, 6.07) is 0. The van der Waals surface area contributed by atoms with Crippen molar-refractivity contribution in [1.29, 1.82) is 0 Å². The largest absolute Gasteiger partial charge is 0.393 e. The van der Waals surface area contributed by atoms with E-state index in [0.29, 0.717) is 32.1 Å². The van der Waals surface area contributed by atoms with Crippen LogP contribution in [0.3, 0.4) is 0 Å². The summed E-state index contributed by atoms with van der Waals surface area (Å²) in [4.78, 5) is 0. The highest BCUT2D eigenvalue weighted by molar-refractivity contribution is 5.32. The van der Waals surface area contributed by atoms with Crippen molar-refractivity contribution in [2.45, 2.75) is 185 Å². The molecular formula is C40H68O13. The Hall–Kier alpha value is -0.520. The zero-order valence-corrected chi connectivity index (χ0v) is 32.7. The Bertz CT molecular complexity index is 1340. The molecule has 306 valence electrons. The summed E-state index contributed by atoms with van der Waals surface area (Å²) in [5.74, 6) is 0.384. The van der Waals surface area contributed by atoms with E-state index < -0.39 is 84.6 Å². The van der Waals surface area contributed by atoms with Crippen LogP contribution >= 0.6 is 0 Å². The van der Waals surface area contributed by atoms with Gasteiger partial charge in [-0.1, -0.05) is 34.6 Å². The highest BCUT2D eigenvalue weighted by atomic mass is 16.7. The van der Waals surface area contributed by atoms with Gasteiger partial charge >= 0.3 is 0 Å². The van der Waals surface area contributed by atoms with E-state index in [1.807, 2.05) is 0 Å². The van der Waals surface area contributed by atoms with Crippen LogP contribution in [0.2, 0.25) is 0 Å². The molecule has 2 aliphatic heterocycles. The number of ether oxygens (including phenoxy) is 4. The molecule has 0 amide bonds. The van der Waals surface area contributed by atoms with Crippen LogP contribution in [0.15, 0.2) is 0 Å². The minimum Gasteiger partial charge on any atom is -0.393 e. The van der Waals surface area contributed by atoms with Gasteiger partial charge in [-0.3, -0.25) is 0 Å². The van der Waals surface area contributed by atoms with Crippen molar-refractivity contribution < 1.29 is 64.9 Å². The Balaban J connectivity index is 1.09. The van der Waals surface area contributed by atoms with Crippen LogP contribution in [0.4, 0.5) is 0 Å². The molecule has 0 aromatic carbocycles. The minimum absolute atomic E-state index is 0.0511. The molecule has 53 heavy (non-hydrogen) atoms. The van der Waals surface area contributed by atoms with Crippen LogP contribution < -0.4 is 0 Å². The van der Waals surface area contributed by atoms with Crippen molar-refractivity contribution in [2.24, 2.45) is 50.7 Å². The van der Waals surface area contributed by atoms with Crippen molar-refractivity contribution >= 4 is 0 Å². The average molecular weight is 757 g/mol. The summed E-state index contributed by atoms with van der Waals surface area (Å²) in [5, 5.41) is 97.2. The van der Waals surface area contributed by atoms with Crippen LogP contribution in [-0.2, 0) is 18.9 Å². The zero-order chi connectivity index (χ0) is 38.8. The van der Waals surface area contributed by atoms with E-state index in [1.165, 1.54) is 0 Å². The average Bonchev–Trinajstić information content (AvgIpc) is 3.66. The number of hydrogen-bond acceptors (Lipinski definition) is 13. The van der Waals surface area contributed by atoms with Crippen LogP contribution in [-0.4, -0.2) is 138 Å². The molecule has 7 fully saturated rings. The second kappa shape index (κ2) is 13.5. The van der Waals surface area contributed by atoms with Gasteiger partial charge in [0.2, 0.25) is 0 Å². The molecule has 0 unspecified atom stereocenters. The third-order valence-corrected chi connectivity index (χ3v) is 16.9. The monoisotopic (exact) mass is 756 g/mol. The molecule has 13 heteroatoms.